The number of carboxylic acids is 1. The van der Waals surface area contributed by atoms with Crippen LogP contribution in [0.1, 0.15) is 49.1 Å². The molecule has 0 atom stereocenters. The van der Waals surface area contributed by atoms with E-state index >= 15 is 0 Å². The zero-order valence-corrected chi connectivity index (χ0v) is 20.3. The summed E-state index contributed by atoms with van der Waals surface area (Å²) in [6.45, 7) is 0.654. The third kappa shape index (κ3) is 5.35. The molecule has 2 N–H and O–H groups in total. The van der Waals surface area contributed by atoms with E-state index in [0.717, 1.165) is 49.0 Å². The summed E-state index contributed by atoms with van der Waals surface area (Å²) in [5, 5.41) is 12.6. The second-order valence-electron chi connectivity index (χ2n) is 9.62. The summed E-state index contributed by atoms with van der Waals surface area (Å²) in [5.41, 5.74) is 6.51. The first-order valence-corrected chi connectivity index (χ1v) is 12.6. The van der Waals surface area contributed by atoms with Gasteiger partial charge in [0.2, 0.25) is 0 Å². The van der Waals surface area contributed by atoms with Gasteiger partial charge in [0.05, 0.1) is 0 Å². The molecule has 1 heterocycles. The van der Waals surface area contributed by atoms with Crippen LogP contribution in [-0.4, -0.2) is 23.7 Å². The number of amides is 2. The number of rotatable bonds is 5. The highest BCUT2D eigenvalue weighted by Gasteiger charge is 2.26. The molecule has 1 aliphatic carbocycles. The molecule has 0 spiro atoms. The van der Waals surface area contributed by atoms with Crippen molar-refractivity contribution >= 4 is 35.0 Å². The molecule has 1 fully saturated rings. The molecule has 35 heavy (non-hydrogen) atoms. The Labute approximate surface area is 210 Å². The second-order valence-corrected chi connectivity index (χ2v) is 10.1. The predicted octanol–water partition coefficient (Wildman–Crippen LogP) is 7.35. The van der Waals surface area contributed by atoms with Crippen molar-refractivity contribution < 1.29 is 14.7 Å². The summed E-state index contributed by atoms with van der Waals surface area (Å²) in [6.07, 6.45) is 5.23. The molecule has 1 aliphatic heterocycles. The number of hydrogen-bond donors (Lipinski definition) is 2. The van der Waals surface area contributed by atoms with Crippen LogP contribution in [-0.2, 0) is 11.2 Å². The Balaban J connectivity index is 1.24. The molecule has 5 rings (SSSR count). The summed E-state index contributed by atoms with van der Waals surface area (Å²) in [5.74, 6) is 0.154. The number of hydrogen-bond acceptors (Lipinski definition) is 2. The molecular weight excluding hydrogens is 460 g/mol. The van der Waals surface area contributed by atoms with E-state index in [1.54, 1.807) is 29.2 Å². The summed E-state index contributed by atoms with van der Waals surface area (Å²) in [6, 6.07) is 22.1. The number of urea groups is 1. The third-order valence-corrected chi connectivity index (χ3v) is 7.59. The Morgan fingerprint density at radius 2 is 1.60 bits per heavy atom. The molecule has 3 aromatic rings. The fourth-order valence-corrected chi connectivity index (χ4v) is 5.54. The van der Waals surface area contributed by atoms with Gasteiger partial charge in [-0.3, -0.25) is 9.69 Å². The highest BCUT2D eigenvalue weighted by atomic mass is 35.5. The zero-order chi connectivity index (χ0) is 24.4. The second kappa shape index (κ2) is 10.1. The lowest BCUT2D eigenvalue weighted by atomic mass is 9.77. The number of aliphatic carboxylic acids is 1. The third-order valence-electron chi connectivity index (χ3n) is 7.34. The van der Waals surface area contributed by atoms with Gasteiger partial charge in [-0.25, -0.2) is 4.79 Å². The lowest BCUT2D eigenvalue weighted by molar-refractivity contribution is -0.138. The fourth-order valence-electron chi connectivity index (χ4n) is 5.41. The first-order chi connectivity index (χ1) is 17.0. The number of halogens is 1. The molecular formula is C29H29ClN2O3. The van der Waals surface area contributed by atoms with Gasteiger partial charge in [-0.1, -0.05) is 41.9 Å². The highest BCUT2D eigenvalue weighted by Crippen LogP contribution is 2.38. The van der Waals surface area contributed by atoms with Gasteiger partial charge in [0.1, 0.15) is 0 Å². The Bertz CT molecular complexity index is 1220. The first kappa shape index (κ1) is 23.4. The summed E-state index contributed by atoms with van der Waals surface area (Å²) >= 11 is 5.93. The number of carbonyl (C=O) groups is 2. The summed E-state index contributed by atoms with van der Waals surface area (Å²) < 4.78 is 0. The minimum atomic E-state index is -0.683. The molecule has 0 saturated heterocycles. The summed E-state index contributed by atoms with van der Waals surface area (Å²) in [7, 11) is 0. The van der Waals surface area contributed by atoms with Crippen LogP contribution in [0.4, 0.5) is 16.2 Å². The van der Waals surface area contributed by atoms with Crippen molar-refractivity contribution in [3.05, 3.63) is 82.9 Å². The van der Waals surface area contributed by atoms with Crippen LogP contribution in [0.25, 0.3) is 11.1 Å². The topological polar surface area (TPSA) is 69.6 Å². The maximum atomic E-state index is 12.8. The van der Waals surface area contributed by atoms with Gasteiger partial charge in [-0.05, 0) is 103 Å². The van der Waals surface area contributed by atoms with Crippen LogP contribution in [0.15, 0.2) is 66.7 Å². The van der Waals surface area contributed by atoms with Crippen molar-refractivity contribution in [3.63, 3.8) is 0 Å². The molecule has 2 amide bonds. The normalized spacial score (nSPS) is 19.3. The minimum absolute atomic E-state index is 0.138. The molecule has 0 aromatic heterocycles. The average molecular weight is 489 g/mol. The number of anilines is 2. The van der Waals surface area contributed by atoms with Gasteiger partial charge in [0.15, 0.2) is 0 Å². The Morgan fingerprint density at radius 1 is 0.914 bits per heavy atom. The zero-order valence-electron chi connectivity index (χ0n) is 19.5. The van der Waals surface area contributed by atoms with Crippen LogP contribution in [0, 0.1) is 5.92 Å². The Hall–Kier alpha value is -3.31. The van der Waals surface area contributed by atoms with E-state index in [0.29, 0.717) is 29.8 Å². The SMILES string of the molecule is O=C(O)C[C@H]1CC[C@H](c2ccc(-c3ccc4c(c3)CCN4C(=O)Nc3ccc(Cl)cc3)cc2)CC1. The quantitative estimate of drug-likeness (QED) is 0.394. The lowest BCUT2D eigenvalue weighted by Gasteiger charge is -2.28. The lowest BCUT2D eigenvalue weighted by Crippen LogP contribution is -2.33. The summed E-state index contributed by atoms with van der Waals surface area (Å²) in [4.78, 5) is 25.6. The van der Waals surface area contributed by atoms with Gasteiger partial charge < -0.3 is 10.4 Å². The number of carboxylic acid groups (broad SMARTS) is 1. The van der Waals surface area contributed by atoms with E-state index in [4.69, 9.17) is 16.7 Å². The number of carbonyl (C=O) groups excluding carboxylic acids is 1. The maximum Gasteiger partial charge on any atom is 0.326 e. The van der Waals surface area contributed by atoms with E-state index in [-0.39, 0.29) is 6.03 Å². The van der Waals surface area contributed by atoms with Gasteiger partial charge in [0.25, 0.3) is 0 Å². The van der Waals surface area contributed by atoms with Gasteiger partial charge in [-0.15, -0.1) is 0 Å². The van der Waals surface area contributed by atoms with E-state index in [1.807, 2.05) is 6.07 Å². The van der Waals surface area contributed by atoms with Crippen LogP contribution in [0.5, 0.6) is 0 Å². The van der Waals surface area contributed by atoms with Crippen LogP contribution >= 0.6 is 11.6 Å². The Morgan fingerprint density at radius 3 is 2.29 bits per heavy atom. The van der Waals surface area contributed by atoms with Gasteiger partial charge in [-0.2, -0.15) is 0 Å². The van der Waals surface area contributed by atoms with Crippen molar-refractivity contribution in [2.24, 2.45) is 5.92 Å². The molecule has 3 aromatic carbocycles. The van der Waals surface area contributed by atoms with Gasteiger partial charge in [0, 0.05) is 29.4 Å². The minimum Gasteiger partial charge on any atom is -0.481 e. The van der Waals surface area contributed by atoms with E-state index < -0.39 is 5.97 Å². The van der Waals surface area contributed by atoms with E-state index in [1.165, 1.54) is 16.7 Å². The van der Waals surface area contributed by atoms with E-state index in [9.17, 15) is 9.59 Å². The van der Waals surface area contributed by atoms with Crippen LogP contribution < -0.4 is 10.2 Å². The van der Waals surface area contributed by atoms with Crippen molar-refractivity contribution in [2.45, 2.75) is 44.4 Å². The number of nitrogens with one attached hydrogen (secondary N) is 1. The molecule has 5 nitrogen and oxygen atoms in total. The largest absolute Gasteiger partial charge is 0.481 e. The van der Waals surface area contributed by atoms with Crippen molar-refractivity contribution in [3.8, 4) is 11.1 Å². The fraction of sp³-hybridized carbons (Fsp3) is 0.310. The Kier molecular flexibility index (Phi) is 6.78. The predicted molar refractivity (Wildman–Crippen MR) is 140 cm³/mol. The average Bonchev–Trinajstić information content (AvgIpc) is 3.29. The van der Waals surface area contributed by atoms with Crippen molar-refractivity contribution in [2.75, 3.05) is 16.8 Å². The molecule has 180 valence electrons. The molecule has 6 heteroatoms. The first-order valence-electron chi connectivity index (χ1n) is 12.3. The number of fused-ring (bicyclic) bond motifs is 1. The number of benzene rings is 3. The van der Waals surface area contributed by atoms with Crippen LogP contribution in [0.3, 0.4) is 0 Å². The molecule has 0 bridgehead atoms. The maximum absolute atomic E-state index is 12.8. The van der Waals surface area contributed by atoms with Crippen LogP contribution in [0.2, 0.25) is 5.02 Å². The molecule has 0 radical (unpaired) electrons. The smallest absolute Gasteiger partial charge is 0.326 e. The van der Waals surface area contributed by atoms with Gasteiger partial charge >= 0.3 is 12.0 Å². The highest BCUT2D eigenvalue weighted by molar-refractivity contribution is 6.30. The standard InChI is InChI=1S/C29H29ClN2O3/c30-25-10-12-26(13-11-25)31-29(35)32-16-15-24-18-23(9-14-27(24)32)22-7-5-21(6-8-22)20-3-1-19(2-4-20)17-28(33)34/h5-14,18-20H,1-4,15-17H2,(H,31,35)(H,33,34)/t19-,20-. The monoisotopic (exact) mass is 488 g/mol. The van der Waals surface area contributed by atoms with E-state index in [2.05, 4.69) is 41.7 Å². The molecule has 1 saturated carbocycles. The molecule has 0 unspecified atom stereocenters. The number of nitrogens with zero attached hydrogens (tertiary/aromatic N) is 1. The van der Waals surface area contributed by atoms with Crippen molar-refractivity contribution in [1.82, 2.24) is 0 Å². The molecule has 2 aliphatic rings. The van der Waals surface area contributed by atoms with Crippen molar-refractivity contribution in [1.29, 1.82) is 0 Å².